The van der Waals surface area contributed by atoms with Gasteiger partial charge in [-0.25, -0.2) is 4.98 Å². The van der Waals surface area contributed by atoms with E-state index in [-0.39, 0.29) is 11.9 Å². The maximum absolute atomic E-state index is 13.0. The molecule has 1 unspecified atom stereocenters. The summed E-state index contributed by atoms with van der Waals surface area (Å²) < 4.78 is 5.52. The highest BCUT2D eigenvalue weighted by atomic mass is 16.5. The first-order valence-electron chi connectivity index (χ1n) is 8.86. The third-order valence-corrected chi connectivity index (χ3v) is 4.63. The monoisotopic (exact) mass is 348 g/mol. The second-order valence-corrected chi connectivity index (χ2v) is 6.50. The van der Waals surface area contributed by atoms with E-state index in [9.17, 15) is 4.79 Å². The van der Waals surface area contributed by atoms with Gasteiger partial charge < -0.3 is 9.42 Å². The maximum atomic E-state index is 13.0. The van der Waals surface area contributed by atoms with Gasteiger partial charge in [-0.3, -0.25) is 4.79 Å². The van der Waals surface area contributed by atoms with Crippen molar-refractivity contribution in [3.05, 3.63) is 65.8 Å². The minimum absolute atomic E-state index is 0.0853. The number of pyridine rings is 1. The Morgan fingerprint density at radius 2 is 1.92 bits per heavy atom. The first-order valence-corrected chi connectivity index (χ1v) is 8.86. The van der Waals surface area contributed by atoms with Gasteiger partial charge in [0.25, 0.3) is 5.91 Å². The van der Waals surface area contributed by atoms with E-state index in [4.69, 9.17) is 4.52 Å². The van der Waals surface area contributed by atoms with E-state index in [0.717, 1.165) is 30.5 Å². The topological polar surface area (TPSA) is 72.1 Å². The lowest BCUT2D eigenvalue weighted by atomic mass is 10.0. The Hall–Kier alpha value is -3.02. The molecule has 4 rings (SSSR count). The fourth-order valence-corrected chi connectivity index (χ4v) is 3.32. The molecule has 6 nitrogen and oxygen atoms in total. The van der Waals surface area contributed by atoms with Gasteiger partial charge in [-0.15, -0.1) is 0 Å². The number of aromatic nitrogens is 3. The summed E-state index contributed by atoms with van der Waals surface area (Å²) >= 11 is 0. The van der Waals surface area contributed by atoms with Crippen LogP contribution < -0.4 is 0 Å². The smallest absolute Gasteiger partial charge is 0.273 e. The Morgan fingerprint density at radius 1 is 1.08 bits per heavy atom. The first-order chi connectivity index (χ1) is 12.7. The van der Waals surface area contributed by atoms with Gasteiger partial charge in [0.15, 0.2) is 0 Å². The molecule has 0 saturated carbocycles. The second-order valence-electron chi connectivity index (χ2n) is 6.50. The molecule has 1 atom stereocenters. The molecular formula is C20H20N4O2. The molecule has 1 aliphatic rings. The third kappa shape index (κ3) is 3.22. The van der Waals surface area contributed by atoms with Gasteiger partial charge in [-0.2, -0.15) is 4.98 Å². The lowest BCUT2D eigenvalue weighted by molar-refractivity contribution is 0.0555. The van der Waals surface area contributed by atoms with Gasteiger partial charge in [-0.05, 0) is 38.3 Å². The van der Waals surface area contributed by atoms with Crippen LogP contribution in [0.5, 0.6) is 0 Å². The number of amides is 1. The van der Waals surface area contributed by atoms with Gasteiger partial charge in [-0.1, -0.05) is 41.6 Å². The van der Waals surface area contributed by atoms with Crippen molar-refractivity contribution in [1.82, 2.24) is 20.0 Å². The van der Waals surface area contributed by atoms with Crippen molar-refractivity contribution >= 4 is 5.91 Å². The van der Waals surface area contributed by atoms with E-state index in [1.54, 1.807) is 6.07 Å². The van der Waals surface area contributed by atoms with E-state index < -0.39 is 0 Å². The maximum Gasteiger partial charge on any atom is 0.273 e. The van der Waals surface area contributed by atoms with Crippen LogP contribution in [0.4, 0.5) is 0 Å². The SMILES string of the molecule is Cc1cccc(C(=O)N2CCCCC2c2nc(-c3ccccc3)no2)n1. The number of benzene rings is 1. The molecule has 6 heteroatoms. The normalized spacial score (nSPS) is 17.3. The zero-order valence-electron chi connectivity index (χ0n) is 14.6. The Balaban J connectivity index is 1.62. The van der Waals surface area contributed by atoms with Crippen molar-refractivity contribution in [2.75, 3.05) is 6.54 Å². The molecule has 0 spiro atoms. The van der Waals surface area contributed by atoms with E-state index in [2.05, 4.69) is 15.1 Å². The number of piperidine rings is 1. The first kappa shape index (κ1) is 16.4. The van der Waals surface area contributed by atoms with Crippen molar-refractivity contribution in [3.63, 3.8) is 0 Å². The van der Waals surface area contributed by atoms with Crippen molar-refractivity contribution in [2.45, 2.75) is 32.2 Å². The molecule has 3 heterocycles. The number of nitrogens with zero attached hydrogens (tertiary/aromatic N) is 4. The number of carbonyl (C=O) groups excluding carboxylic acids is 1. The predicted octanol–water partition coefficient (Wildman–Crippen LogP) is 3.81. The van der Waals surface area contributed by atoms with Gasteiger partial charge in [0, 0.05) is 17.8 Å². The van der Waals surface area contributed by atoms with E-state index >= 15 is 0 Å². The Bertz CT molecular complexity index is 907. The largest absolute Gasteiger partial charge is 0.337 e. The molecule has 1 amide bonds. The standard InChI is InChI=1S/C20H20N4O2/c1-14-8-7-11-16(21-14)20(25)24-13-6-5-12-17(24)19-22-18(23-26-19)15-9-3-2-4-10-15/h2-4,7-11,17H,5-6,12-13H2,1H3. The lowest BCUT2D eigenvalue weighted by Gasteiger charge is -2.33. The molecule has 0 radical (unpaired) electrons. The fraction of sp³-hybridized carbons (Fsp3) is 0.300. The summed E-state index contributed by atoms with van der Waals surface area (Å²) in [4.78, 5) is 23.7. The van der Waals surface area contributed by atoms with Gasteiger partial charge in [0.05, 0.1) is 0 Å². The average molecular weight is 348 g/mol. The molecule has 26 heavy (non-hydrogen) atoms. The summed E-state index contributed by atoms with van der Waals surface area (Å²) in [5.74, 6) is 0.953. The number of likely N-dealkylation sites (tertiary alicyclic amines) is 1. The molecule has 1 aromatic carbocycles. The Morgan fingerprint density at radius 3 is 2.73 bits per heavy atom. The molecule has 0 aliphatic carbocycles. The van der Waals surface area contributed by atoms with Crippen LogP contribution in [0.1, 0.15) is 47.4 Å². The highest BCUT2D eigenvalue weighted by molar-refractivity contribution is 5.92. The summed E-state index contributed by atoms with van der Waals surface area (Å²) in [6.45, 7) is 2.55. The Labute approximate surface area is 151 Å². The van der Waals surface area contributed by atoms with Gasteiger partial charge >= 0.3 is 0 Å². The van der Waals surface area contributed by atoms with Crippen molar-refractivity contribution in [2.24, 2.45) is 0 Å². The van der Waals surface area contributed by atoms with Crippen LogP contribution in [0.3, 0.4) is 0 Å². The molecule has 132 valence electrons. The van der Waals surface area contributed by atoms with Crippen LogP contribution in [0.2, 0.25) is 0 Å². The van der Waals surface area contributed by atoms with Crippen molar-refractivity contribution in [1.29, 1.82) is 0 Å². The number of carbonyl (C=O) groups is 1. The van der Waals surface area contributed by atoms with Crippen LogP contribution >= 0.6 is 0 Å². The minimum atomic E-state index is -0.205. The molecule has 0 N–H and O–H groups in total. The summed E-state index contributed by atoms with van der Waals surface area (Å²) in [5.41, 5.74) is 2.18. The number of hydrogen-bond acceptors (Lipinski definition) is 5. The molecule has 1 aliphatic heterocycles. The molecule has 1 saturated heterocycles. The molecule has 3 aromatic rings. The van der Waals surface area contributed by atoms with E-state index in [0.29, 0.717) is 24.0 Å². The molecule has 1 fully saturated rings. The minimum Gasteiger partial charge on any atom is -0.337 e. The van der Waals surface area contributed by atoms with Gasteiger partial charge in [0.2, 0.25) is 11.7 Å². The van der Waals surface area contributed by atoms with Crippen LogP contribution in [-0.4, -0.2) is 32.5 Å². The van der Waals surface area contributed by atoms with Gasteiger partial charge in [0.1, 0.15) is 11.7 Å². The molecule has 2 aromatic heterocycles. The summed E-state index contributed by atoms with van der Waals surface area (Å²) in [5, 5.41) is 4.10. The van der Waals surface area contributed by atoms with Crippen molar-refractivity contribution in [3.8, 4) is 11.4 Å². The highest BCUT2D eigenvalue weighted by Gasteiger charge is 2.33. The third-order valence-electron chi connectivity index (χ3n) is 4.63. The number of aryl methyl sites for hydroxylation is 1. The zero-order chi connectivity index (χ0) is 17.9. The quantitative estimate of drug-likeness (QED) is 0.720. The summed E-state index contributed by atoms with van der Waals surface area (Å²) in [6, 6.07) is 15.0. The van der Waals surface area contributed by atoms with E-state index in [1.165, 1.54) is 0 Å². The van der Waals surface area contributed by atoms with E-state index in [1.807, 2.05) is 54.3 Å². The summed E-state index contributed by atoms with van der Waals surface area (Å²) in [7, 11) is 0. The highest BCUT2D eigenvalue weighted by Crippen LogP contribution is 2.32. The lowest BCUT2D eigenvalue weighted by Crippen LogP contribution is -2.39. The second kappa shape index (κ2) is 7.07. The summed E-state index contributed by atoms with van der Waals surface area (Å²) in [6.07, 6.45) is 2.81. The molecular weight excluding hydrogens is 328 g/mol. The number of rotatable bonds is 3. The van der Waals surface area contributed by atoms with Crippen LogP contribution in [0, 0.1) is 6.92 Å². The van der Waals surface area contributed by atoms with Crippen LogP contribution in [-0.2, 0) is 0 Å². The zero-order valence-corrected chi connectivity index (χ0v) is 14.6. The van der Waals surface area contributed by atoms with Crippen molar-refractivity contribution < 1.29 is 9.32 Å². The average Bonchev–Trinajstić information content (AvgIpc) is 3.18. The fourth-order valence-electron chi connectivity index (χ4n) is 3.32. The number of hydrogen-bond donors (Lipinski definition) is 0. The molecule has 0 bridgehead atoms. The van der Waals surface area contributed by atoms with Crippen LogP contribution in [0.15, 0.2) is 53.1 Å². The predicted molar refractivity (Wildman–Crippen MR) is 96.3 cm³/mol. The van der Waals surface area contributed by atoms with Crippen LogP contribution in [0.25, 0.3) is 11.4 Å². The Kier molecular flexibility index (Phi) is 4.48.